The normalized spacial score (nSPS) is 15.3. The lowest BCUT2D eigenvalue weighted by atomic mass is 10.0. The molecule has 1 N–H and O–H groups in total. The molecule has 4 nitrogen and oxygen atoms in total. The number of hydrogen-bond donors (Lipinski definition) is 1. The SMILES string of the molecule is CN(Cc1ccccc1OC(F)(F)F)C(=O)NCCC1CCCC1. The lowest BCUT2D eigenvalue weighted by Crippen LogP contribution is -2.37. The Morgan fingerprint density at radius 3 is 2.62 bits per heavy atom. The van der Waals surface area contributed by atoms with E-state index in [4.69, 9.17) is 0 Å². The van der Waals surface area contributed by atoms with Crippen LogP contribution in [0.1, 0.15) is 37.7 Å². The van der Waals surface area contributed by atoms with Crippen molar-refractivity contribution in [3.8, 4) is 5.75 Å². The lowest BCUT2D eigenvalue weighted by molar-refractivity contribution is -0.274. The highest BCUT2D eigenvalue weighted by Crippen LogP contribution is 2.28. The summed E-state index contributed by atoms with van der Waals surface area (Å²) >= 11 is 0. The van der Waals surface area contributed by atoms with Crippen LogP contribution in [0.15, 0.2) is 24.3 Å². The summed E-state index contributed by atoms with van der Waals surface area (Å²) in [4.78, 5) is 13.4. The van der Waals surface area contributed by atoms with Gasteiger partial charge in [-0.3, -0.25) is 0 Å². The Bertz CT molecular complexity index is 543. The second kappa shape index (κ2) is 8.26. The number of nitrogens with zero attached hydrogens (tertiary/aromatic N) is 1. The van der Waals surface area contributed by atoms with Gasteiger partial charge in [-0.05, 0) is 18.4 Å². The van der Waals surface area contributed by atoms with Gasteiger partial charge in [-0.1, -0.05) is 43.9 Å². The van der Waals surface area contributed by atoms with Crippen molar-refractivity contribution < 1.29 is 22.7 Å². The van der Waals surface area contributed by atoms with Crippen LogP contribution in [0.5, 0.6) is 5.75 Å². The number of ether oxygens (including phenoxy) is 1. The molecule has 1 aliphatic carbocycles. The highest BCUT2D eigenvalue weighted by molar-refractivity contribution is 5.73. The third-order valence-electron chi connectivity index (χ3n) is 4.26. The fourth-order valence-electron chi connectivity index (χ4n) is 3.00. The van der Waals surface area contributed by atoms with Gasteiger partial charge in [0.1, 0.15) is 5.75 Å². The number of carbonyl (C=O) groups is 1. The van der Waals surface area contributed by atoms with Crippen LogP contribution in [0, 0.1) is 5.92 Å². The number of rotatable bonds is 6. The Balaban J connectivity index is 1.84. The summed E-state index contributed by atoms with van der Waals surface area (Å²) in [7, 11) is 1.55. The van der Waals surface area contributed by atoms with Gasteiger partial charge in [0.05, 0.1) is 6.54 Å². The molecule has 2 amide bonds. The maximum Gasteiger partial charge on any atom is 0.573 e. The van der Waals surface area contributed by atoms with Crippen LogP contribution in [0.2, 0.25) is 0 Å². The van der Waals surface area contributed by atoms with E-state index in [2.05, 4.69) is 10.1 Å². The third-order valence-corrected chi connectivity index (χ3v) is 4.26. The largest absolute Gasteiger partial charge is 0.573 e. The zero-order valence-electron chi connectivity index (χ0n) is 13.7. The van der Waals surface area contributed by atoms with E-state index in [1.165, 1.54) is 48.8 Å². The molecular weight excluding hydrogens is 321 g/mol. The zero-order valence-corrected chi connectivity index (χ0v) is 13.7. The first kappa shape index (κ1) is 18.4. The van der Waals surface area contributed by atoms with E-state index >= 15 is 0 Å². The van der Waals surface area contributed by atoms with Crippen LogP contribution in [0.25, 0.3) is 0 Å². The maximum atomic E-state index is 12.4. The molecule has 0 aromatic heterocycles. The molecule has 1 saturated carbocycles. The van der Waals surface area contributed by atoms with Crippen LogP contribution in [0.4, 0.5) is 18.0 Å². The van der Waals surface area contributed by atoms with Gasteiger partial charge in [0.15, 0.2) is 0 Å². The van der Waals surface area contributed by atoms with E-state index in [1.807, 2.05) is 0 Å². The Morgan fingerprint density at radius 2 is 1.96 bits per heavy atom. The van der Waals surface area contributed by atoms with Gasteiger partial charge in [-0.25, -0.2) is 4.79 Å². The topological polar surface area (TPSA) is 41.6 Å². The first-order chi connectivity index (χ1) is 11.3. The van der Waals surface area contributed by atoms with E-state index in [1.54, 1.807) is 13.1 Å². The quantitative estimate of drug-likeness (QED) is 0.836. The molecular formula is C17H23F3N2O2. The van der Waals surface area contributed by atoms with Crippen molar-refractivity contribution in [2.24, 2.45) is 5.92 Å². The van der Waals surface area contributed by atoms with Crippen LogP contribution in [-0.4, -0.2) is 30.9 Å². The van der Waals surface area contributed by atoms with Crippen molar-refractivity contribution >= 4 is 6.03 Å². The van der Waals surface area contributed by atoms with Crippen LogP contribution < -0.4 is 10.1 Å². The molecule has 134 valence electrons. The van der Waals surface area contributed by atoms with Gasteiger partial charge >= 0.3 is 12.4 Å². The second-order valence-electron chi connectivity index (χ2n) is 6.18. The number of halogens is 3. The first-order valence-electron chi connectivity index (χ1n) is 8.18. The van der Waals surface area contributed by atoms with Gasteiger partial charge in [0.2, 0.25) is 0 Å². The Labute approximate surface area is 140 Å². The molecule has 0 aliphatic heterocycles. The van der Waals surface area contributed by atoms with E-state index in [0.717, 1.165) is 6.42 Å². The Morgan fingerprint density at radius 1 is 1.29 bits per heavy atom. The summed E-state index contributed by atoms with van der Waals surface area (Å²) in [6.45, 7) is 0.635. The van der Waals surface area contributed by atoms with Gasteiger partial charge in [0.25, 0.3) is 0 Å². The molecule has 2 rings (SSSR count). The Kier molecular flexibility index (Phi) is 6.34. The summed E-state index contributed by atoms with van der Waals surface area (Å²) in [6, 6.07) is 5.55. The molecule has 24 heavy (non-hydrogen) atoms. The molecule has 0 saturated heterocycles. The summed E-state index contributed by atoms with van der Waals surface area (Å²) in [5, 5.41) is 2.82. The van der Waals surface area contributed by atoms with Gasteiger partial charge in [-0.2, -0.15) is 0 Å². The monoisotopic (exact) mass is 344 g/mol. The van der Waals surface area contributed by atoms with Crippen LogP contribution in [-0.2, 0) is 6.54 Å². The minimum absolute atomic E-state index is 0.0432. The number of carbonyl (C=O) groups excluding carboxylic acids is 1. The molecule has 0 unspecified atom stereocenters. The van der Waals surface area contributed by atoms with Crippen molar-refractivity contribution in [2.45, 2.75) is 45.0 Å². The molecule has 1 aromatic carbocycles. The van der Waals surface area contributed by atoms with Crippen molar-refractivity contribution in [1.82, 2.24) is 10.2 Å². The molecule has 0 bridgehead atoms. The first-order valence-corrected chi connectivity index (χ1v) is 8.18. The summed E-state index contributed by atoms with van der Waals surface area (Å²) in [5.41, 5.74) is 0.309. The number of benzene rings is 1. The highest BCUT2D eigenvalue weighted by atomic mass is 19.4. The minimum atomic E-state index is -4.75. The zero-order chi connectivity index (χ0) is 17.6. The third kappa shape index (κ3) is 5.94. The predicted molar refractivity (Wildman–Crippen MR) is 84.6 cm³/mol. The van der Waals surface area contributed by atoms with E-state index in [-0.39, 0.29) is 18.3 Å². The molecule has 7 heteroatoms. The second-order valence-corrected chi connectivity index (χ2v) is 6.18. The van der Waals surface area contributed by atoms with Crippen molar-refractivity contribution in [2.75, 3.05) is 13.6 Å². The van der Waals surface area contributed by atoms with Gasteiger partial charge in [0, 0.05) is 19.2 Å². The molecule has 1 aromatic rings. The standard InChI is InChI=1S/C17H23F3N2O2/c1-22(16(23)21-11-10-13-6-2-3-7-13)12-14-8-4-5-9-15(14)24-17(18,19)20/h4-5,8-9,13H,2-3,6-7,10-12H2,1H3,(H,21,23). The van der Waals surface area contributed by atoms with Crippen molar-refractivity contribution in [1.29, 1.82) is 0 Å². The minimum Gasteiger partial charge on any atom is -0.405 e. The van der Waals surface area contributed by atoms with Crippen LogP contribution >= 0.6 is 0 Å². The van der Waals surface area contributed by atoms with Gasteiger partial charge in [-0.15, -0.1) is 13.2 Å². The van der Waals surface area contributed by atoms with E-state index < -0.39 is 6.36 Å². The van der Waals surface area contributed by atoms with Crippen molar-refractivity contribution in [3.63, 3.8) is 0 Å². The average Bonchev–Trinajstić information content (AvgIpc) is 3.01. The number of nitrogens with one attached hydrogen (secondary N) is 1. The Hall–Kier alpha value is -1.92. The number of amides is 2. The van der Waals surface area contributed by atoms with E-state index in [0.29, 0.717) is 18.0 Å². The van der Waals surface area contributed by atoms with Gasteiger partial charge < -0.3 is 15.0 Å². The fourth-order valence-corrected chi connectivity index (χ4v) is 3.00. The smallest absolute Gasteiger partial charge is 0.405 e. The molecule has 1 fully saturated rings. The summed E-state index contributed by atoms with van der Waals surface area (Å²) in [6.07, 6.45) is 1.15. The number of para-hydroxylation sites is 1. The summed E-state index contributed by atoms with van der Waals surface area (Å²) < 4.78 is 41.3. The number of urea groups is 1. The highest BCUT2D eigenvalue weighted by Gasteiger charge is 2.32. The molecule has 0 spiro atoms. The molecule has 1 aliphatic rings. The number of hydrogen-bond acceptors (Lipinski definition) is 2. The lowest BCUT2D eigenvalue weighted by Gasteiger charge is -2.20. The van der Waals surface area contributed by atoms with Crippen molar-refractivity contribution in [3.05, 3.63) is 29.8 Å². The fraction of sp³-hybridized carbons (Fsp3) is 0.588. The predicted octanol–water partition coefficient (Wildman–Crippen LogP) is 4.31. The molecule has 0 heterocycles. The maximum absolute atomic E-state index is 12.4. The molecule has 0 atom stereocenters. The van der Waals surface area contributed by atoms with E-state index in [9.17, 15) is 18.0 Å². The average molecular weight is 344 g/mol. The molecule has 0 radical (unpaired) electrons. The summed E-state index contributed by atoms with van der Waals surface area (Å²) in [5.74, 6) is 0.395. The number of alkyl halides is 3. The van der Waals surface area contributed by atoms with Crippen LogP contribution in [0.3, 0.4) is 0 Å².